The number of rotatable bonds is 2. The number of para-hydroxylation sites is 2. The Hall–Kier alpha value is -4.47. The molecule has 1 aliphatic heterocycles. The molecule has 0 bridgehead atoms. The van der Waals surface area contributed by atoms with Crippen molar-refractivity contribution in [3.8, 4) is 29.0 Å². The largest absolute Gasteiger partial charge is 0.597 e. The van der Waals surface area contributed by atoms with Gasteiger partial charge < -0.3 is 4.52 Å². The number of fused-ring (bicyclic) bond motifs is 6. The molecular formula is C30H23N2O4P2+. The van der Waals surface area contributed by atoms with Crippen LogP contribution in [-0.2, 0) is 9.13 Å². The SMILES string of the molecule is C=CC#N.N#CCCP1(=O)Oc2ccccc2-c2ccccc21.O=[p+]1oc2ccccc2c2ccccc21. The monoisotopic (exact) mass is 537 g/mol. The van der Waals surface area contributed by atoms with Gasteiger partial charge in [0.05, 0.1) is 23.6 Å². The van der Waals surface area contributed by atoms with Crippen molar-refractivity contribution in [1.82, 2.24) is 0 Å². The zero-order chi connectivity index (χ0) is 27.0. The van der Waals surface area contributed by atoms with Crippen LogP contribution in [0, 0.1) is 22.7 Å². The third-order valence-electron chi connectivity index (χ3n) is 5.76. The average Bonchev–Trinajstić information content (AvgIpc) is 2.97. The fourth-order valence-electron chi connectivity index (χ4n) is 4.11. The summed E-state index contributed by atoms with van der Waals surface area (Å²) in [7, 11) is -4.72. The van der Waals surface area contributed by atoms with Gasteiger partial charge in [0.1, 0.15) is 5.75 Å². The van der Waals surface area contributed by atoms with Crippen molar-refractivity contribution in [3.63, 3.8) is 0 Å². The average molecular weight is 537 g/mol. The molecule has 1 aromatic heterocycles. The lowest BCUT2D eigenvalue weighted by Gasteiger charge is -2.28. The first-order valence-corrected chi connectivity index (χ1v) is 14.7. The van der Waals surface area contributed by atoms with Crippen LogP contribution in [0.1, 0.15) is 6.42 Å². The highest BCUT2D eigenvalue weighted by Gasteiger charge is 2.35. The van der Waals surface area contributed by atoms with Crippen LogP contribution in [0.3, 0.4) is 0 Å². The summed E-state index contributed by atoms with van der Waals surface area (Å²) in [6, 6.07) is 34.2. The molecule has 0 spiro atoms. The summed E-state index contributed by atoms with van der Waals surface area (Å²) < 4.78 is 35.9. The molecule has 2 heterocycles. The summed E-state index contributed by atoms with van der Waals surface area (Å²) in [5.41, 5.74) is 2.62. The Morgan fingerprint density at radius 3 is 2.18 bits per heavy atom. The second kappa shape index (κ2) is 12.2. The molecule has 0 saturated heterocycles. The summed E-state index contributed by atoms with van der Waals surface area (Å²) in [5.74, 6) is 0.641. The predicted molar refractivity (Wildman–Crippen MR) is 152 cm³/mol. The minimum atomic E-state index is -2.97. The van der Waals surface area contributed by atoms with Gasteiger partial charge >= 0.3 is 7.65 Å². The highest BCUT2D eigenvalue weighted by atomic mass is 31.2. The fourth-order valence-corrected chi connectivity index (χ4v) is 7.32. The van der Waals surface area contributed by atoms with Crippen molar-refractivity contribution in [2.24, 2.45) is 0 Å². The lowest BCUT2D eigenvalue weighted by molar-refractivity contribution is 0.491. The summed E-state index contributed by atoms with van der Waals surface area (Å²) in [6.07, 6.45) is 1.67. The topological polar surface area (TPSA) is 104 Å². The first-order valence-electron chi connectivity index (χ1n) is 11.7. The quantitative estimate of drug-likeness (QED) is 0.127. The molecule has 6 nitrogen and oxygen atoms in total. The van der Waals surface area contributed by atoms with E-state index in [-0.39, 0.29) is 12.6 Å². The molecule has 2 unspecified atom stereocenters. The molecule has 5 aromatic rings. The van der Waals surface area contributed by atoms with Gasteiger partial charge in [-0.2, -0.15) is 10.5 Å². The van der Waals surface area contributed by atoms with Crippen LogP contribution >= 0.6 is 15.0 Å². The smallest absolute Gasteiger partial charge is 0.439 e. The van der Waals surface area contributed by atoms with Crippen LogP contribution < -0.4 is 9.83 Å². The molecule has 0 N–H and O–H groups in total. The van der Waals surface area contributed by atoms with Gasteiger partial charge in [0, 0.05) is 28.8 Å². The molecule has 186 valence electrons. The van der Waals surface area contributed by atoms with Crippen molar-refractivity contribution in [1.29, 1.82) is 10.5 Å². The Bertz CT molecular complexity index is 1820. The minimum Gasteiger partial charge on any atom is -0.439 e. The Kier molecular flexibility index (Phi) is 8.52. The summed E-state index contributed by atoms with van der Waals surface area (Å²) >= 11 is 0. The van der Waals surface area contributed by atoms with Gasteiger partial charge in [-0.15, -0.1) is 0 Å². The van der Waals surface area contributed by atoms with Gasteiger partial charge in [0.25, 0.3) is 7.37 Å². The first kappa shape index (κ1) is 26.6. The van der Waals surface area contributed by atoms with Crippen LogP contribution in [0.25, 0.3) is 32.6 Å². The molecule has 6 rings (SSSR count). The molecular weight excluding hydrogens is 514 g/mol. The molecule has 0 fully saturated rings. The third kappa shape index (κ3) is 5.59. The Balaban J connectivity index is 0.000000158. The zero-order valence-corrected chi connectivity index (χ0v) is 22.1. The van der Waals surface area contributed by atoms with E-state index in [1.807, 2.05) is 103 Å². The highest BCUT2D eigenvalue weighted by Crippen LogP contribution is 2.54. The van der Waals surface area contributed by atoms with Crippen LogP contribution in [-0.4, -0.2) is 6.16 Å². The number of benzene rings is 4. The number of nitrogens with zero attached hydrogens (tertiary/aromatic N) is 2. The first-order chi connectivity index (χ1) is 18.5. The van der Waals surface area contributed by atoms with Gasteiger partial charge in [0.15, 0.2) is 5.58 Å². The second-order valence-electron chi connectivity index (χ2n) is 8.10. The van der Waals surface area contributed by atoms with E-state index in [0.29, 0.717) is 11.3 Å². The van der Waals surface area contributed by atoms with E-state index in [0.717, 1.165) is 32.3 Å². The molecule has 8 heteroatoms. The van der Waals surface area contributed by atoms with E-state index in [4.69, 9.17) is 19.2 Å². The zero-order valence-electron chi connectivity index (χ0n) is 20.4. The van der Waals surface area contributed by atoms with E-state index in [9.17, 15) is 9.13 Å². The molecule has 0 saturated carbocycles. The van der Waals surface area contributed by atoms with Gasteiger partial charge in [-0.1, -0.05) is 73.3 Å². The van der Waals surface area contributed by atoms with E-state index in [2.05, 4.69) is 6.58 Å². The molecule has 0 aliphatic carbocycles. The lowest BCUT2D eigenvalue weighted by atomic mass is 10.0. The van der Waals surface area contributed by atoms with Crippen LogP contribution in [0.2, 0.25) is 0 Å². The lowest BCUT2D eigenvalue weighted by Crippen LogP contribution is -2.19. The Morgan fingerprint density at radius 1 is 0.842 bits per heavy atom. The standard InChI is InChI=1S/C15H12NO2P.C12H8O2P.C3H3N/c16-10-5-11-19(17)15-9-4-2-7-13(15)12-6-1-3-8-14(12)18-19;13-15-12-8-4-2-6-10(12)9-5-1-3-7-11(9)14-15;1-2-3-4/h1-4,6-9H,5,11H2;1-8H;2H,1H2/q;+1;. The molecule has 0 radical (unpaired) electrons. The minimum absolute atomic E-state index is 0.230. The number of allylic oxidation sites excluding steroid dienone is 1. The summed E-state index contributed by atoms with van der Waals surface area (Å²) in [6.45, 7) is 3.12. The Labute approximate surface area is 221 Å². The molecule has 2 atom stereocenters. The normalized spacial score (nSPS) is 15.1. The van der Waals surface area contributed by atoms with Crippen molar-refractivity contribution in [2.45, 2.75) is 6.42 Å². The van der Waals surface area contributed by atoms with Crippen molar-refractivity contribution >= 4 is 41.8 Å². The molecule has 38 heavy (non-hydrogen) atoms. The van der Waals surface area contributed by atoms with E-state index >= 15 is 0 Å². The van der Waals surface area contributed by atoms with Crippen molar-refractivity contribution in [2.75, 3.05) is 6.16 Å². The highest BCUT2D eigenvalue weighted by molar-refractivity contribution is 7.67. The third-order valence-corrected chi connectivity index (χ3v) is 9.34. The second-order valence-corrected chi connectivity index (χ2v) is 11.7. The predicted octanol–water partition coefficient (Wildman–Crippen LogP) is 8.59. The summed E-state index contributed by atoms with van der Waals surface area (Å²) in [5, 5.41) is 19.8. The Morgan fingerprint density at radius 2 is 1.45 bits per heavy atom. The molecule has 0 amide bonds. The summed E-state index contributed by atoms with van der Waals surface area (Å²) in [4.78, 5) is 0. The van der Waals surface area contributed by atoms with E-state index in [1.165, 1.54) is 6.08 Å². The van der Waals surface area contributed by atoms with Crippen molar-refractivity contribution in [3.05, 3.63) is 110 Å². The van der Waals surface area contributed by atoms with Gasteiger partial charge in [-0.3, -0.25) is 4.57 Å². The maximum absolute atomic E-state index is 13.0. The van der Waals surface area contributed by atoms with Gasteiger partial charge in [-0.05, 0) is 40.5 Å². The maximum atomic E-state index is 13.0. The molecule has 1 aliphatic rings. The fraction of sp³-hybridized carbons (Fsp3) is 0.0667. The van der Waals surface area contributed by atoms with Crippen molar-refractivity contribution < 1.29 is 17.9 Å². The number of hydrogen-bond donors (Lipinski definition) is 0. The van der Waals surface area contributed by atoms with Gasteiger partial charge in [-0.25, -0.2) is 4.20 Å². The maximum Gasteiger partial charge on any atom is 0.597 e. The molecule has 4 aromatic carbocycles. The van der Waals surface area contributed by atoms with E-state index < -0.39 is 15.0 Å². The van der Waals surface area contributed by atoms with Crippen LogP contribution in [0.4, 0.5) is 0 Å². The van der Waals surface area contributed by atoms with Gasteiger partial charge in [0.2, 0.25) is 5.12 Å². The van der Waals surface area contributed by atoms with E-state index in [1.54, 1.807) is 6.07 Å². The number of nitriles is 2. The van der Waals surface area contributed by atoms with Crippen LogP contribution in [0.15, 0.2) is 114 Å². The number of hydrogen-bond acceptors (Lipinski definition) is 6. The van der Waals surface area contributed by atoms with Crippen LogP contribution in [0.5, 0.6) is 5.75 Å².